The Hall–Kier alpha value is -2.63. The molecule has 5 nitrogen and oxygen atoms in total. The highest BCUT2D eigenvalue weighted by molar-refractivity contribution is 5.78. The molecule has 0 fully saturated rings. The number of aryl methyl sites for hydroxylation is 1. The molecular weight excluding hydrogens is 259 g/mol. The molecule has 102 valence electrons. The van der Waals surface area contributed by atoms with Crippen molar-refractivity contribution in [2.24, 2.45) is 0 Å². The number of hydrogen-bond acceptors (Lipinski definition) is 4. The number of hydrogen-bond donors (Lipinski definition) is 1. The molecule has 3 rings (SSSR count). The molecular formula is C14H13FN4O. The summed E-state index contributed by atoms with van der Waals surface area (Å²) in [6, 6.07) is 6.13. The topological polar surface area (TPSA) is 66.0 Å². The van der Waals surface area contributed by atoms with Gasteiger partial charge in [-0.2, -0.15) is 0 Å². The first-order valence-electron chi connectivity index (χ1n) is 6.04. The van der Waals surface area contributed by atoms with Gasteiger partial charge in [0, 0.05) is 12.3 Å². The van der Waals surface area contributed by atoms with Crippen LogP contribution in [-0.4, -0.2) is 21.6 Å². The minimum Gasteiger partial charge on any atom is -0.494 e. The molecule has 0 saturated heterocycles. The lowest BCUT2D eigenvalue weighted by Crippen LogP contribution is -2.04. The molecule has 2 heterocycles. The van der Waals surface area contributed by atoms with Gasteiger partial charge in [0.05, 0.1) is 12.8 Å². The van der Waals surface area contributed by atoms with E-state index in [4.69, 9.17) is 10.5 Å². The van der Waals surface area contributed by atoms with Crippen molar-refractivity contribution in [3.05, 3.63) is 41.8 Å². The van der Waals surface area contributed by atoms with E-state index in [1.807, 2.05) is 13.0 Å². The molecule has 0 bridgehead atoms. The Balaban J connectivity index is 2.32. The first-order valence-corrected chi connectivity index (χ1v) is 6.04. The number of rotatable bonds is 2. The van der Waals surface area contributed by atoms with Crippen LogP contribution in [0.5, 0.6) is 5.75 Å². The van der Waals surface area contributed by atoms with Gasteiger partial charge in [-0.05, 0) is 30.7 Å². The average molecular weight is 272 g/mol. The highest BCUT2D eigenvalue weighted by Crippen LogP contribution is 2.29. The lowest BCUT2D eigenvalue weighted by atomic mass is 10.2. The van der Waals surface area contributed by atoms with E-state index in [0.29, 0.717) is 22.6 Å². The van der Waals surface area contributed by atoms with Gasteiger partial charge >= 0.3 is 0 Å². The molecule has 3 aromatic rings. The second-order valence-corrected chi connectivity index (χ2v) is 4.48. The number of nitrogens with zero attached hydrogens (tertiary/aromatic N) is 3. The van der Waals surface area contributed by atoms with Gasteiger partial charge in [-0.3, -0.25) is 4.57 Å². The molecule has 0 amide bonds. The fraction of sp³-hybridized carbons (Fsp3) is 0.143. The van der Waals surface area contributed by atoms with Crippen LogP contribution in [-0.2, 0) is 0 Å². The van der Waals surface area contributed by atoms with Crippen molar-refractivity contribution in [3.63, 3.8) is 0 Å². The third-order valence-corrected chi connectivity index (χ3v) is 3.04. The third kappa shape index (κ3) is 1.85. The highest BCUT2D eigenvalue weighted by Gasteiger charge is 2.15. The predicted octanol–water partition coefficient (Wildman–Crippen LogP) is 2.46. The van der Waals surface area contributed by atoms with Crippen LogP contribution in [0.3, 0.4) is 0 Å². The zero-order valence-corrected chi connectivity index (χ0v) is 11.1. The van der Waals surface area contributed by atoms with Crippen molar-refractivity contribution < 1.29 is 9.13 Å². The van der Waals surface area contributed by atoms with Gasteiger partial charge in [0.2, 0.25) is 5.95 Å². The summed E-state index contributed by atoms with van der Waals surface area (Å²) in [5.41, 5.74) is 8.85. The number of methoxy groups -OCH3 is 1. The summed E-state index contributed by atoms with van der Waals surface area (Å²) in [5, 5.41) is 0. The fourth-order valence-electron chi connectivity index (χ4n) is 2.16. The largest absolute Gasteiger partial charge is 0.494 e. The Bertz CT molecular complexity index is 797. The summed E-state index contributed by atoms with van der Waals surface area (Å²) in [4.78, 5) is 8.62. The minimum absolute atomic E-state index is 0.281. The van der Waals surface area contributed by atoms with E-state index < -0.39 is 0 Å². The van der Waals surface area contributed by atoms with Gasteiger partial charge in [-0.15, -0.1) is 0 Å². The Morgan fingerprint density at radius 3 is 2.85 bits per heavy atom. The van der Waals surface area contributed by atoms with E-state index in [9.17, 15) is 4.39 Å². The molecule has 0 aliphatic heterocycles. The van der Waals surface area contributed by atoms with Crippen LogP contribution in [0.15, 0.2) is 30.5 Å². The molecule has 20 heavy (non-hydrogen) atoms. The second-order valence-electron chi connectivity index (χ2n) is 4.48. The van der Waals surface area contributed by atoms with E-state index >= 15 is 0 Å². The number of nitrogen functional groups attached to an aromatic ring is 1. The van der Waals surface area contributed by atoms with E-state index in [2.05, 4.69) is 9.97 Å². The molecule has 0 unspecified atom stereocenters. The molecule has 2 N–H and O–H groups in total. The molecule has 6 heteroatoms. The first kappa shape index (κ1) is 12.4. The van der Waals surface area contributed by atoms with E-state index in [-0.39, 0.29) is 11.8 Å². The van der Waals surface area contributed by atoms with Crippen molar-refractivity contribution in [1.29, 1.82) is 0 Å². The van der Waals surface area contributed by atoms with Crippen molar-refractivity contribution in [2.45, 2.75) is 6.92 Å². The Morgan fingerprint density at radius 1 is 1.30 bits per heavy atom. The lowest BCUT2D eigenvalue weighted by Gasteiger charge is -2.11. The van der Waals surface area contributed by atoms with Gasteiger partial charge in [-0.25, -0.2) is 14.4 Å². The molecule has 0 spiro atoms. The van der Waals surface area contributed by atoms with Crippen molar-refractivity contribution in [3.8, 4) is 11.4 Å². The smallest absolute Gasteiger partial charge is 0.207 e. The number of ether oxygens (including phenoxy) is 1. The number of aromatic nitrogens is 3. The standard InChI is InChI=1S/C14H13FN4O/c1-8-5-10-13(17-7-8)19(14(16)18-10)11-4-3-9(15)6-12(11)20-2/h3-7H,1-2H3,(H2,16,18). The van der Waals surface area contributed by atoms with Crippen LogP contribution in [0.1, 0.15) is 5.56 Å². The van der Waals surface area contributed by atoms with Crippen molar-refractivity contribution >= 4 is 17.1 Å². The van der Waals surface area contributed by atoms with Gasteiger partial charge < -0.3 is 10.5 Å². The summed E-state index contributed by atoms with van der Waals surface area (Å²) in [5.74, 6) is 0.277. The highest BCUT2D eigenvalue weighted by atomic mass is 19.1. The second kappa shape index (κ2) is 4.48. The number of fused-ring (bicyclic) bond motifs is 1. The monoisotopic (exact) mass is 272 g/mol. The Labute approximate surface area is 114 Å². The quantitative estimate of drug-likeness (QED) is 0.778. The minimum atomic E-state index is -0.377. The zero-order chi connectivity index (χ0) is 14.3. The zero-order valence-electron chi connectivity index (χ0n) is 11.1. The molecule has 2 aromatic heterocycles. The maximum absolute atomic E-state index is 13.3. The van der Waals surface area contributed by atoms with Crippen molar-refractivity contribution in [2.75, 3.05) is 12.8 Å². The fourth-order valence-corrected chi connectivity index (χ4v) is 2.16. The first-order chi connectivity index (χ1) is 9.60. The van der Waals surface area contributed by atoms with Gasteiger partial charge in [0.1, 0.15) is 17.1 Å². The van der Waals surface area contributed by atoms with Crippen LogP contribution >= 0.6 is 0 Å². The summed E-state index contributed by atoms with van der Waals surface area (Å²) >= 11 is 0. The number of halogens is 1. The Morgan fingerprint density at radius 2 is 2.10 bits per heavy atom. The number of imidazole rings is 1. The predicted molar refractivity (Wildman–Crippen MR) is 74.5 cm³/mol. The normalized spacial score (nSPS) is 10.9. The average Bonchev–Trinajstić information content (AvgIpc) is 2.73. The molecule has 1 aromatic carbocycles. The van der Waals surface area contributed by atoms with Crippen LogP contribution in [0.25, 0.3) is 16.9 Å². The van der Waals surface area contributed by atoms with E-state index in [1.165, 1.54) is 19.2 Å². The number of nitrogens with two attached hydrogens (primary N) is 1. The lowest BCUT2D eigenvalue weighted by molar-refractivity contribution is 0.409. The number of benzene rings is 1. The van der Waals surface area contributed by atoms with Crippen LogP contribution in [0.2, 0.25) is 0 Å². The maximum atomic E-state index is 13.3. The summed E-state index contributed by atoms with van der Waals surface area (Å²) in [6.07, 6.45) is 1.73. The van der Waals surface area contributed by atoms with Crippen LogP contribution in [0, 0.1) is 12.7 Å². The molecule has 0 aliphatic carbocycles. The van der Waals surface area contributed by atoms with Crippen molar-refractivity contribution in [1.82, 2.24) is 14.5 Å². The maximum Gasteiger partial charge on any atom is 0.207 e. The number of pyridine rings is 1. The third-order valence-electron chi connectivity index (χ3n) is 3.04. The molecule has 0 atom stereocenters. The van der Waals surface area contributed by atoms with E-state index in [1.54, 1.807) is 16.8 Å². The SMILES string of the molecule is COc1cc(F)ccc1-n1c(N)nc2cc(C)cnc21. The molecule has 0 radical (unpaired) electrons. The van der Waals surface area contributed by atoms with E-state index in [0.717, 1.165) is 5.56 Å². The van der Waals surface area contributed by atoms with Crippen LogP contribution in [0.4, 0.5) is 10.3 Å². The summed E-state index contributed by atoms with van der Waals surface area (Å²) in [6.45, 7) is 1.93. The molecule has 0 saturated carbocycles. The Kier molecular flexibility index (Phi) is 2.78. The molecule has 0 aliphatic rings. The summed E-state index contributed by atoms with van der Waals surface area (Å²) in [7, 11) is 1.48. The van der Waals surface area contributed by atoms with Gasteiger partial charge in [-0.1, -0.05) is 0 Å². The van der Waals surface area contributed by atoms with Crippen LogP contribution < -0.4 is 10.5 Å². The number of anilines is 1. The summed E-state index contributed by atoms with van der Waals surface area (Å²) < 4.78 is 20.1. The van der Waals surface area contributed by atoms with Gasteiger partial charge in [0.15, 0.2) is 5.65 Å². The van der Waals surface area contributed by atoms with Gasteiger partial charge in [0.25, 0.3) is 0 Å².